The Morgan fingerprint density at radius 1 is 1.37 bits per heavy atom. The van der Waals surface area contributed by atoms with Crippen LogP contribution in [0.5, 0.6) is 0 Å². The van der Waals surface area contributed by atoms with Crippen LogP contribution in [0.2, 0.25) is 0 Å². The van der Waals surface area contributed by atoms with Crippen LogP contribution in [-0.2, 0) is 11.2 Å². The highest BCUT2D eigenvalue weighted by atomic mass is 19.1. The predicted molar refractivity (Wildman–Crippen MR) is 103 cm³/mol. The van der Waals surface area contributed by atoms with Crippen molar-refractivity contribution in [1.29, 1.82) is 0 Å². The highest BCUT2D eigenvalue weighted by Gasteiger charge is 2.29. The van der Waals surface area contributed by atoms with E-state index < -0.39 is 6.04 Å². The Bertz CT molecular complexity index is 954. The summed E-state index contributed by atoms with van der Waals surface area (Å²) in [5.74, 6) is -0.109. The van der Waals surface area contributed by atoms with Crippen LogP contribution in [0.1, 0.15) is 29.9 Å². The number of hydrogen-bond acceptors (Lipinski definition) is 3. The normalized spacial score (nSPS) is 18.6. The highest BCUT2D eigenvalue weighted by molar-refractivity contribution is 5.83. The van der Waals surface area contributed by atoms with Gasteiger partial charge in [0, 0.05) is 36.8 Å². The van der Waals surface area contributed by atoms with Crippen LogP contribution in [0.25, 0.3) is 11.0 Å². The molecule has 0 bridgehead atoms. The van der Waals surface area contributed by atoms with E-state index in [0.29, 0.717) is 19.5 Å². The Morgan fingerprint density at radius 3 is 3.11 bits per heavy atom. The summed E-state index contributed by atoms with van der Waals surface area (Å²) >= 11 is 0. The minimum atomic E-state index is -0.657. The second kappa shape index (κ2) is 7.48. The molecule has 3 heterocycles. The van der Waals surface area contributed by atoms with E-state index in [2.05, 4.69) is 16.0 Å². The Kier molecular flexibility index (Phi) is 4.90. The zero-order chi connectivity index (χ0) is 18.8. The number of aromatic nitrogens is 2. The first-order chi connectivity index (χ1) is 13.1. The third kappa shape index (κ3) is 3.71. The van der Waals surface area contributed by atoms with Crippen molar-refractivity contribution in [2.45, 2.75) is 31.2 Å². The molecule has 1 saturated heterocycles. The number of nitrogens with two attached hydrogens (primary N) is 1. The van der Waals surface area contributed by atoms with E-state index in [9.17, 15) is 9.18 Å². The number of fused-ring (bicyclic) bond motifs is 1. The Labute approximate surface area is 157 Å². The molecule has 140 valence electrons. The Hall–Kier alpha value is -2.73. The van der Waals surface area contributed by atoms with Crippen molar-refractivity contribution in [2.75, 3.05) is 13.1 Å². The summed E-state index contributed by atoms with van der Waals surface area (Å²) in [4.78, 5) is 22.3. The van der Waals surface area contributed by atoms with Gasteiger partial charge in [0.05, 0.1) is 6.04 Å². The molecule has 1 fully saturated rings. The number of hydrogen-bond donors (Lipinski definition) is 2. The van der Waals surface area contributed by atoms with Crippen LogP contribution in [0.15, 0.2) is 48.8 Å². The summed E-state index contributed by atoms with van der Waals surface area (Å²) in [7, 11) is 0. The number of aromatic amines is 1. The lowest BCUT2D eigenvalue weighted by atomic mass is 9.90. The number of H-pyrrole nitrogens is 1. The van der Waals surface area contributed by atoms with E-state index in [1.165, 1.54) is 17.7 Å². The van der Waals surface area contributed by atoms with Gasteiger partial charge in [-0.1, -0.05) is 12.1 Å². The highest BCUT2D eigenvalue weighted by Crippen LogP contribution is 2.31. The lowest BCUT2D eigenvalue weighted by Crippen LogP contribution is -2.48. The van der Waals surface area contributed by atoms with Gasteiger partial charge in [0.25, 0.3) is 0 Å². The maximum Gasteiger partial charge on any atom is 0.239 e. The van der Waals surface area contributed by atoms with Crippen LogP contribution >= 0.6 is 0 Å². The molecule has 2 atom stereocenters. The number of nitrogens with one attached hydrogen (secondary N) is 1. The number of nitrogens with zero attached hydrogens (tertiary/aromatic N) is 2. The van der Waals surface area contributed by atoms with Gasteiger partial charge < -0.3 is 15.6 Å². The van der Waals surface area contributed by atoms with E-state index in [-0.39, 0.29) is 17.6 Å². The average molecular weight is 366 g/mol. The van der Waals surface area contributed by atoms with Crippen molar-refractivity contribution in [1.82, 2.24) is 14.9 Å². The zero-order valence-corrected chi connectivity index (χ0v) is 15.1. The van der Waals surface area contributed by atoms with Crippen molar-refractivity contribution in [3.05, 3.63) is 65.7 Å². The number of carbonyl (C=O) groups is 1. The second-order valence-corrected chi connectivity index (χ2v) is 7.21. The molecule has 3 aromatic rings. The number of piperidine rings is 1. The fourth-order valence-corrected chi connectivity index (χ4v) is 3.99. The lowest BCUT2D eigenvalue weighted by molar-refractivity contribution is -0.133. The molecule has 0 aliphatic carbocycles. The maximum absolute atomic E-state index is 13.4. The van der Waals surface area contributed by atoms with E-state index in [0.717, 1.165) is 29.4 Å². The van der Waals surface area contributed by atoms with E-state index >= 15 is 0 Å². The summed E-state index contributed by atoms with van der Waals surface area (Å²) < 4.78 is 13.4. The topological polar surface area (TPSA) is 75.0 Å². The molecular weight excluding hydrogens is 343 g/mol. The van der Waals surface area contributed by atoms with Crippen molar-refractivity contribution in [3.8, 4) is 0 Å². The summed E-state index contributed by atoms with van der Waals surface area (Å²) in [6.45, 7) is 1.37. The van der Waals surface area contributed by atoms with E-state index in [4.69, 9.17) is 5.73 Å². The van der Waals surface area contributed by atoms with Crippen LogP contribution in [-0.4, -0.2) is 39.9 Å². The molecular formula is C21H23FN4O. The Morgan fingerprint density at radius 2 is 2.26 bits per heavy atom. The first-order valence-electron chi connectivity index (χ1n) is 9.32. The smallest absolute Gasteiger partial charge is 0.239 e. The minimum Gasteiger partial charge on any atom is -0.346 e. The third-order valence-corrected chi connectivity index (χ3v) is 5.32. The number of likely N-dealkylation sites (tertiary alicyclic amines) is 1. The zero-order valence-electron chi connectivity index (χ0n) is 15.1. The molecule has 0 radical (unpaired) electrons. The van der Waals surface area contributed by atoms with Crippen molar-refractivity contribution in [2.24, 2.45) is 5.73 Å². The number of benzene rings is 1. The summed E-state index contributed by atoms with van der Waals surface area (Å²) in [5, 5.41) is 1.11. The van der Waals surface area contributed by atoms with Crippen LogP contribution < -0.4 is 5.73 Å². The molecule has 5 nitrogen and oxygen atoms in total. The summed E-state index contributed by atoms with van der Waals surface area (Å²) in [5.41, 5.74) is 8.97. The Balaban J connectivity index is 1.46. The van der Waals surface area contributed by atoms with Crippen LogP contribution in [0.3, 0.4) is 0 Å². The molecule has 2 aromatic heterocycles. The largest absolute Gasteiger partial charge is 0.346 e. The molecule has 0 spiro atoms. The molecule has 2 unspecified atom stereocenters. The SMILES string of the molecule is NC(Cc1cccc(F)c1)C(=O)N1CCCC(c2c[nH]c3ncccc23)C1. The first kappa shape index (κ1) is 17.7. The quantitative estimate of drug-likeness (QED) is 0.745. The lowest BCUT2D eigenvalue weighted by Gasteiger charge is -2.34. The molecule has 3 N–H and O–H groups in total. The van der Waals surface area contributed by atoms with Gasteiger partial charge >= 0.3 is 0 Å². The maximum atomic E-state index is 13.4. The molecule has 1 aromatic carbocycles. The van der Waals surface area contributed by atoms with Gasteiger partial charge in [0.15, 0.2) is 0 Å². The van der Waals surface area contributed by atoms with Gasteiger partial charge in [-0.25, -0.2) is 9.37 Å². The van der Waals surface area contributed by atoms with Crippen LogP contribution in [0, 0.1) is 5.82 Å². The van der Waals surface area contributed by atoms with Gasteiger partial charge in [-0.3, -0.25) is 4.79 Å². The standard InChI is InChI=1S/C21H23FN4O/c22-16-6-1-4-14(10-16)11-19(23)21(27)26-9-3-5-15(13-26)18-12-25-20-17(18)7-2-8-24-20/h1-2,4,6-8,10,12,15,19H,3,5,9,11,13,23H2,(H,24,25). The van der Waals surface area contributed by atoms with Crippen molar-refractivity contribution < 1.29 is 9.18 Å². The van der Waals surface area contributed by atoms with Crippen molar-refractivity contribution in [3.63, 3.8) is 0 Å². The number of amides is 1. The minimum absolute atomic E-state index is 0.0677. The number of halogens is 1. The molecule has 1 amide bonds. The predicted octanol–water partition coefficient (Wildman–Crippen LogP) is 2.98. The monoisotopic (exact) mass is 366 g/mol. The molecule has 1 aliphatic heterocycles. The first-order valence-corrected chi connectivity index (χ1v) is 9.32. The summed E-state index contributed by atoms with van der Waals surface area (Å²) in [6.07, 6.45) is 6.09. The third-order valence-electron chi connectivity index (χ3n) is 5.32. The number of carbonyl (C=O) groups excluding carboxylic acids is 1. The number of rotatable bonds is 4. The average Bonchev–Trinajstić information content (AvgIpc) is 3.11. The van der Waals surface area contributed by atoms with Gasteiger partial charge in [0.1, 0.15) is 11.5 Å². The molecule has 27 heavy (non-hydrogen) atoms. The fourth-order valence-electron chi connectivity index (χ4n) is 3.99. The molecule has 0 saturated carbocycles. The van der Waals surface area contributed by atoms with Gasteiger partial charge in [-0.05, 0) is 54.7 Å². The van der Waals surface area contributed by atoms with Crippen molar-refractivity contribution >= 4 is 16.9 Å². The number of pyridine rings is 1. The van der Waals surface area contributed by atoms with Crippen LogP contribution in [0.4, 0.5) is 4.39 Å². The fraction of sp³-hybridized carbons (Fsp3) is 0.333. The molecule has 4 rings (SSSR count). The molecule has 6 heteroatoms. The van der Waals surface area contributed by atoms with Gasteiger partial charge in [-0.2, -0.15) is 0 Å². The van der Waals surface area contributed by atoms with E-state index in [1.807, 2.05) is 17.2 Å². The molecule has 1 aliphatic rings. The second-order valence-electron chi connectivity index (χ2n) is 7.21. The summed E-state index contributed by atoms with van der Waals surface area (Å²) in [6, 6.07) is 9.60. The van der Waals surface area contributed by atoms with Gasteiger partial charge in [-0.15, -0.1) is 0 Å². The van der Waals surface area contributed by atoms with E-state index in [1.54, 1.807) is 18.3 Å². The van der Waals surface area contributed by atoms with Gasteiger partial charge in [0.2, 0.25) is 5.91 Å².